The smallest absolute Gasteiger partial charge is 0.225 e. The molecule has 1 fully saturated rings. The molecule has 1 saturated heterocycles. The molecule has 1 aromatic heterocycles. The van der Waals surface area contributed by atoms with Crippen molar-refractivity contribution >= 4 is 18.4 Å². The predicted molar refractivity (Wildman–Crippen MR) is 103 cm³/mol. The summed E-state index contributed by atoms with van der Waals surface area (Å²) in [6.45, 7) is 6.15. The average Bonchev–Trinajstić information content (AvgIpc) is 2.69. The molecular weight excluding hydrogens is 352 g/mol. The van der Waals surface area contributed by atoms with Gasteiger partial charge < -0.3 is 14.4 Å². The maximum absolute atomic E-state index is 5.41. The van der Waals surface area contributed by atoms with Gasteiger partial charge in [0.05, 0.1) is 26.0 Å². The lowest BCUT2D eigenvalue weighted by Crippen LogP contribution is -2.38. The summed E-state index contributed by atoms with van der Waals surface area (Å²) < 4.78 is 10.6. The molecule has 2 aromatic rings. The van der Waals surface area contributed by atoms with Gasteiger partial charge in [0.2, 0.25) is 5.95 Å². The van der Waals surface area contributed by atoms with Crippen LogP contribution in [0.3, 0.4) is 0 Å². The Hall–Kier alpha value is -1.89. The van der Waals surface area contributed by atoms with Gasteiger partial charge in [-0.05, 0) is 17.7 Å². The Labute approximate surface area is 160 Å². The van der Waals surface area contributed by atoms with E-state index in [1.165, 1.54) is 16.8 Å². The molecule has 4 rings (SSSR count). The number of fused-ring (bicyclic) bond motifs is 1. The molecule has 0 amide bonds. The summed E-state index contributed by atoms with van der Waals surface area (Å²) in [4.78, 5) is 14.1. The van der Waals surface area contributed by atoms with Gasteiger partial charge >= 0.3 is 0 Å². The van der Waals surface area contributed by atoms with E-state index in [2.05, 4.69) is 26.9 Å². The minimum Gasteiger partial charge on any atom is -0.497 e. The maximum atomic E-state index is 5.41. The van der Waals surface area contributed by atoms with Gasteiger partial charge in [0.1, 0.15) is 5.75 Å². The van der Waals surface area contributed by atoms with E-state index in [0.717, 1.165) is 64.1 Å². The van der Waals surface area contributed by atoms with Crippen LogP contribution in [-0.4, -0.2) is 54.8 Å². The molecule has 0 saturated carbocycles. The minimum atomic E-state index is 0. The molecule has 0 bridgehead atoms. The first-order chi connectivity index (χ1) is 12.3. The zero-order chi connectivity index (χ0) is 17.1. The Bertz CT molecular complexity index is 720. The first kappa shape index (κ1) is 18.9. The van der Waals surface area contributed by atoms with E-state index in [1.807, 2.05) is 18.3 Å². The highest BCUT2D eigenvalue weighted by Crippen LogP contribution is 2.22. The Balaban J connectivity index is 0.00000196. The van der Waals surface area contributed by atoms with E-state index in [4.69, 9.17) is 14.5 Å². The molecule has 26 heavy (non-hydrogen) atoms. The van der Waals surface area contributed by atoms with Crippen molar-refractivity contribution in [3.8, 4) is 5.75 Å². The molecular formula is C19H25ClN4O2. The fourth-order valence-electron chi connectivity index (χ4n) is 3.40. The van der Waals surface area contributed by atoms with E-state index in [1.54, 1.807) is 7.11 Å². The molecule has 3 heterocycles. The van der Waals surface area contributed by atoms with E-state index in [9.17, 15) is 0 Å². The topological polar surface area (TPSA) is 50.7 Å². The van der Waals surface area contributed by atoms with Crippen molar-refractivity contribution in [2.24, 2.45) is 0 Å². The Morgan fingerprint density at radius 3 is 2.62 bits per heavy atom. The molecule has 6 nitrogen and oxygen atoms in total. The van der Waals surface area contributed by atoms with E-state index in [-0.39, 0.29) is 12.4 Å². The molecule has 0 unspecified atom stereocenters. The Morgan fingerprint density at radius 2 is 1.88 bits per heavy atom. The number of rotatable bonds is 4. The molecule has 1 aromatic carbocycles. The second-order valence-electron chi connectivity index (χ2n) is 6.55. The maximum Gasteiger partial charge on any atom is 0.225 e. The van der Waals surface area contributed by atoms with Gasteiger partial charge in [0.25, 0.3) is 0 Å². The van der Waals surface area contributed by atoms with E-state index in [0.29, 0.717) is 0 Å². The quantitative estimate of drug-likeness (QED) is 0.816. The first-order valence-electron chi connectivity index (χ1n) is 8.84. The van der Waals surface area contributed by atoms with Crippen molar-refractivity contribution in [1.82, 2.24) is 14.9 Å². The number of nitrogens with zero attached hydrogens (tertiary/aromatic N) is 4. The summed E-state index contributed by atoms with van der Waals surface area (Å²) in [5, 5.41) is 0. The molecule has 2 aliphatic heterocycles. The molecule has 0 atom stereocenters. The fourth-order valence-corrected chi connectivity index (χ4v) is 3.40. The van der Waals surface area contributed by atoms with Crippen LogP contribution in [0.4, 0.5) is 5.95 Å². The van der Waals surface area contributed by atoms with Crippen molar-refractivity contribution in [1.29, 1.82) is 0 Å². The summed E-state index contributed by atoms with van der Waals surface area (Å²) in [5.74, 6) is 1.75. The van der Waals surface area contributed by atoms with Crippen LogP contribution in [0.5, 0.6) is 5.75 Å². The number of methoxy groups -OCH3 is 1. The van der Waals surface area contributed by atoms with Gasteiger partial charge in [-0.3, -0.25) is 4.90 Å². The second-order valence-corrected chi connectivity index (χ2v) is 6.55. The molecule has 140 valence electrons. The number of morpholine rings is 1. The van der Waals surface area contributed by atoms with Gasteiger partial charge in [0, 0.05) is 50.9 Å². The highest BCUT2D eigenvalue weighted by Gasteiger charge is 2.21. The summed E-state index contributed by atoms with van der Waals surface area (Å²) in [7, 11) is 1.70. The van der Waals surface area contributed by atoms with Gasteiger partial charge in [-0.15, -0.1) is 12.4 Å². The van der Waals surface area contributed by atoms with Crippen molar-refractivity contribution in [2.75, 3.05) is 44.9 Å². The lowest BCUT2D eigenvalue weighted by atomic mass is 10.1. The van der Waals surface area contributed by atoms with Crippen molar-refractivity contribution in [3.05, 3.63) is 47.3 Å². The third-order valence-corrected chi connectivity index (χ3v) is 4.86. The van der Waals surface area contributed by atoms with Crippen LogP contribution >= 0.6 is 12.4 Å². The fraction of sp³-hybridized carbons (Fsp3) is 0.474. The summed E-state index contributed by atoms with van der Waals surface area (Å²) in [5.41, 5.74) is 3.74. The monoisotopic (exact) mass is 376 g/mol. The number of halogens is 1. The normalized spacial score (nSPS) is 17.3. The molecule has 0 spiro atoms. The number of hydrogen-bond acceptors (Lipinski definition) is 6. The average molecular weight is 377 g/mol. The number of aromatic nitrogens is 2. The van der Waals surface area contributed by atoms with Crippen molar-refractivity contribution in [2.45, 2.75) is 19.5 Å². The van der Waals surface area contributed by atoms with E-state index >= 15 is 0 Å². The van der Waals surface area contributed by atoms with Crippen LogP contribution in [-0.2, 0) is 24.2 Å². The minimum absolute atomic E-state index is 0. The lowest BCUT2D eigenvalue weighted by molar-refractivity contribution is 0.122. The van der Waals surface area contributed by atoms with Crippen LogP contribution in [0.15, 0.2) is 30.5 Å². The van der Waals surface area contributed by atoms with Crippen molar-refractivity contribution in [3.63, 3.8) is 0 Å². The molecule has 0 aliphatic carbocycles. The Kier molecular flexibility index (Phi) is 6.29. The first-order valence-corrected chi connectivity index (χ1v) is 8.84. The highest BCUT2D eigenvalue weighted by molar-refractivity contribution is 5.85. The predicted octanol–water partition coefficient (Wildman–Crippen LogP) is 2.30. The number of benzene rings is 1. The third kappa shape index (κ3) is 4.26. The van der Waals surface area contributed by atoms with Gasteiger partial charge in [-0.25, -0.2) is 9.97 Å². The summed E-state index contributed by atoms with van der Waals surface area (Å²) in [6, 6.07) is 8.30. The van der Waals surface area contributed by atoms with Crippen LogP contribution in [0.2, 0.25) is 0 Å². The lowest BCUT2D eigenvalue weighted by Gasteiger charge is -2.30. The number of hydrogen-bond donors (Lipinski definition) is 0. The molecule has 0 N–H and O–H groups in total. The Morgan fingerprint density at radius 1 is 1.12 bits per heavy atom. The van der Waals surface area contributed by atoms with Crippen LogP contribution in [0.25, 0.3) is 0 Å². The van der Waals surface area contributed by atoms with Crippen LogP contribution in [0.1, 0.15) is 16.8 Å². The third-order valence-electron chi connectivity index (χ3n) is 4.86. The van der Waals surface area contributed by atoms with E-state index < -0.39 is 0 Å². The number of anilines is 1. The summed E-state index contributed by atoms with van der Waals surface area (Å²) in [6.07, 6.45) is 2.98. The standard InChI is InChI=1S/C19H24N4O2.ClH/c1-24-17-4-2-15(3-5-17)13-22-7-6-18-16(14-22)12-20-19(21-18)23-8-10-25-11-9-23;/h2-5,12H,6-11,13-14H2,1H3;1H. The van der Waals surface area contributed by atoms with Crippen LogP contribution in [0, 0.1) is 0 Å². The van der Waals surface area contributed by atoms with Gasteiger partial charge in [-0.1, -0.05) is 12.1 Å². The molecule has 0 radical (unpaired) electrons. The largest absolute Gasteiger partial charge is 0.497 e. The van der Waals surface area contributed by atoms with Crippen LogP contribution < -0.4 is 9.64 Å². The SMILES string of the molecule is COc1ccc(CN2CCc3nc(N4CCOCC4)ncc3C2)cc1.Cl. The highest BCUT2D eigenvalue weighted by atomic mass is 35.5. The zero-order valence-corrected chi connectivity index (χ0v) is 15.9. The van der Waals surface area contributed by atoms with Gasteiger partial charge in [0.15, 0.2) is 0 Å². The zero-order valence-electron chi connectivity index (χ0n) is 15.1. The summed E-state index contributed by atoms with van der Waals surface area (Å²) >= 11 is 0. The van der Waals surface area contributed by atoms with Crippen molar-refractivity contribution < 1.29 is 9.47 Å². The number of ether oxygens (including phenoxy) is 2. The second kappa shape index (κ2) is 8.66. The van der Waals surface area contributed by atoms with Gasteiger partial charge in [-0.2, -0.15) is 0 Å². The molecule has 2 aliphatic rings. The molecule has 7 heteroatoms.